The molecule has 0 atom stereocenters. The number of halogens is 1. The van der Waals surface area contributed by atoms with E-state index in [2.05, 4.69) is 249 Å². The van der Waals surface area contributed by atoms with Gasteiger partial charge in [0.15, 0.2) is 0 Å². The fourth-order valence-corrected chi connectivity index (χ4v) is 21.5. The summed E-state index contributed by atoms with van der Waals surface area (Å²) < 4.78 is 1.20. The summed E-state index contributed by atoms with van der Waals surface area (Å²) in [6.45, 7) is 30.7. The maximum Gasteiger partial charge on any atom is 0.0520 e. The van der Waals surface area contributed by atoms with Crippen molar-refractivity contribution in [2.24, 2.45) is 0 Å². The van der Waals surface area contributed by atoms with Crippen molar-refractivity contribution in [3.8, 4) is 33.4 Å². The van der Waals surface area contributed by atoms with E-state index in [0.29, 0.717) is 0 Å². The molecule has 0 fully saturated rings. The minimum atomic E-state index is -0.199. The van der Waals surface area contributed by atoms with E-state index in [1.165, 1.54) is 368 Å². The Kier molecular flexibility index (Phi) is 31.2. The van der Waals surface area contributed by atoms with E-state index in [1.54, 1.807) is 33.4 Å². The molecule has 0 radical (unpaired) electrons. The second kappa shape index (κ2) is 40.5. The van der Waals surface area contributed by atoms with Gasteiger partial charge in [0.05, 0.1) is 11.4 Å². The quantitative estimate of drug-likeness (QED) is 0.0351. The van der Waals surface area contributed by atoms with Crippen LogP contribution in [0.5, 0.6) is 0 Å². The first-order chi connectivity index (χ1) is 53.1. The number of fused-ring (bicyclic) bond motifs is 9. The van der Waals surface area contributed by atoms with Crippen molar-refractivity contribution < 1.29 is 0 Å². The lowest BCUT2D eigenvalue weighted by Gasteiger charge is -2.37. The standard InChI is InChI=1S/C106H145BrN2/c1-14-20-26-32-38-44-62-104(63-45-39-33-27-21-15-2)96-72-78(7)50-56-90(96)92-58-52-86(74-98(92)104)108(102-81(10)68-79(8)69-82(102)11)88-54-60-94-95-61-55-89(77-101(95)106(100(94)76-88,66-48-42-36-30-24-18-5)67-49-43-37-31-25-19-6)109(103-83(12)70-80(9)71-84(103)13)87-53-59-93-91-57-51-85(107)73-97(91)105(99(93)75-87,64-46-40-34-28-22-16-3)65-47-41-35-29-23-17-4/h50-61,68-77H,14-49,62-67H2,1-13H3. The Hall–Kier alpha value is -6.16. The molecule has 0 saturated heterocycles. The van der Waals surface area contributed by atoms with Crippen molar-refractivity contribution in [3.63, 3.8) is 0 Å². The summed E-state index contributed by atoms with van der Waals surface area (Å²) in [5.74, 6) is 0. The van der Waals surface area contributed by atoms with Gasteiger partial charge in [-0.15, -0.1) is 0 Å². The Bertz CT molecular complexity index is 3880. The monoisotopic (exact) mass is 1530 g/mol. The molecule has 586 valence electrons. The third-order valence-electron chi connectivity index (χ3n) is 26.6. The van der Waals surface area contributed by atoms with Gasteiger partial charge >= 0.3 is 0 Å². The highest BCUT2D eigenvalue weighted by Gasteiger charge is 2.47. The summed E-state index contributed by atoms with van der Waals surface area (Å²) in [6.07, 6.45) is 54.0. The van der Waals surface area contributed by atoms with E-state index >= 15 is 0 Å². The number of nitrogens with zero attached hydrogens (tertiary/aromatic N) is 2. The van der Waals surface area contributed by atoms with Gasteiger partial charge in [-0.05, 0) is 237 Å². The summed E-state index contributed by atoms with van der Waals surface area (Å²) in [4.78, 5) is 5.53. The smallest absolute Gasteiger partial charge is 0.0520 e. The summed E-state index contributed by atoms with van der Waals surface area (Å²) in [7, 11) is 0. The molecule has 0 N–H and O–H groups in total. The molecule has 3 aliphatic carbocycles. The van der Waals surface area contributed by atoms with Crippen molar-refractivity contribution in [3.05, 3.63) is 210 Å². The van der Waals surface area contributed by atoms with Crippen molar-refractivity contribution in [2.75, 3.05) is 9.80 Å². The molecule has 3 heteroatoms. The summed E-state index contributed by atoms with van der Waals surface area (Å²) in [5, 5.41) is 0. The lowest BCUT2D eigenvalue weighted by atomic mass is 9.70. The molecule has 2 nitrogen and oxygen atoms in total. The molecule has 11 rings (SSSR count). The van der Waals surface area contributed by atoms with Gasteiger partial charge in [-0.3, -0.25) is 0 Å². The van der Waals surface area contributed by atoms with Crippen LogP contribution in [-0.4, -0.2) is 0 Å². The molecule has 109 heavy (non-hydrogen) atoms. The molecule has 0 saturated carbocycles. The van der Waals surface area contributed by atoms with Gasteiger partial charge in [0.25, 0.3) is 0 Å². The molecule has 0 aromatic heterocycles. The van der Waals surface area contributed by atoms with E-state index in [9.17, 15) is 0 Å². The van der Waals surface area contributed by atoms with Gasteiger partial charge in [0.2, 0.25) is 0 Å². The van der Waals surface area contributed by atoms with Gasteiger partial charge in [-0.1, -0.05) is 378 Å². The molecule has 0 heterocycles. The zero-order valence-electron chi connectivity index (χ0n) is 71.2. The maximum atomic E-state index is 4.08. The molecule has 0 bridgehead atoms. The summed E-state index contributed by atoms with van der Waals surface area (Å²) in [5.41, 5.74) is 35.1. The molecule has 0 spiro atoms. The number of unbranched alkanes of at least 4 members (excludes halogenated alkanes) is 30. The Morgan fingerprint density at radius 2 is 0.431 bits per heavy atom. The van der Waals surface area contributed by atoms with Crippen LogP contribution >= 0.6 is 15.9 Å². The van der Waals surface area contributed by atoms with Crippen LogP contribution in [0.2, 0.25) is 0 Å². The van der Waals surface area contributed by atoms with Crippen LogP contribution in [0.15, 0.2) is 138 Å². The Labute approximate surface area is 674 Å². The Balaban J connectivity index is 1.11. The summed E-state index contributed by atoms with van der Waals surface area (Å²) >= 11 is 4.08. The second-order valence-electron chi connectivity index (χ2n) is 35.2. The van der Waals surface area contributed by atoms with Crippen LogP contribution in [0.3, 0.4) is 0 Å². The molecule has 8 aromatic carbocycles. The number of hydrogen-bond donors (Lipinski definition) is 0. The molecule has 3 aliphatic rings. The lowest BCUT2D eigenvalue weighted by Crippen LogP contribution is -2.27. The van der Waals surface area contributed by atoms with E-state index in [-0.39, 0.29) is 16.2 Å². The molecular formula is C106H145BrN2. The zero-order valence-corrected chi connectivity index (χ0v) is 72.8. The van der Waals surface area contributed by atoms with Gasteiger partial charge < -0.3 is 9.80 Å². The number of anilines is 6. The number of benzene rings is 8. The normalized spacial score (nSPS) is 13.9. The van der Waals surface area contributed by atoms with E-state index in [0.717, 1.165) is 12.8 Å². The first kappa shape index (κ1) is 83.8. The summed E-state index contributed by atoms with van der Waals surface area (Å²) in [6, 6.07) is 56.3. The zero-order chi connectivity index (χ0) is 76.9. The molecule has 0 amide bonds. The highest BCUT2D eigenvalue weighted by atomic mass is 79.9. The third-order valence-corrected chi connectivity index (χ3v) is 27.1. The maximum absolute atomic E-state index is 4.08. The number of rotatable bonds is 48. The number of hydrogen-bond acceptors (Lipinski definition) is 2. The largest absolute Gasteiger partial charge is 0.310 e. The Morgan fingerprint density at radius 1 is 0.220 bits per heavy atom. The van der Waals surface area contributed by atoms with Gasteiger partial charge in [-0.25, -0.2) is 0 Å². The second-order valence-corrected chi connectivity index (χ2v) is 36.1. The van der Waals surface area contributed by atoms with E-state index in [1.807, 2.05) is 0 Å². The van der Waals surface area contributed by atoms with Gasteiger partial charge in [0, 0.05) is 43.5 Å². The van der Waals surface area contributed by atoms with Crippen LogP contribution < -0.4 is 9.80 Å². The van der Waals surface area contributed by atoms with Crippen molar-refractivity contribution in [1.29, 1.82) is 0 Å². The van der Waals surface area contributed by atoms with E-state index in [4.69, 9.17) is 0 Å². The van der Waals surface area contributed by atoms with E-state index < -0.39 is 0 Å². The van der Waals surface area contributed by atoms with Crippen LogP contribution in [0.25, 0.3) is 33.4 Å². The van der Waals surface area contributed by atoms with Crippen LogP contribution in [0.4, 0.5) is 34.1 Å². The SMILES string of the molecule is CCCCCCCCC1(CCCCCCCC)c2cc(C)ccc2-c2ccc(N(c3ccc4c(c3)C(CCCCCCCC)(CCCCCCCC)c3cc(N(c5ccc6c(c5)C(CCCCCCCC)(CCCCCCCC)c5cc(Br)ccc5-6)c5c(C)cc(C)cc5C)ccc3-4)c3c(C)cc(C)cc3C)cc21. The van der Waals surface area contributed by atoms with Crippen LogP contribution in [0.1, 0.15) is 384 Å². The highest BCUT2D eigenvalue weighted by Crippen LogP contribution is 2.61. The highest BCUT2D eigenvalue weighted by molar-refractivity contribution is 9.10. The minimum Gasteiger partial charge on any atom is -0.310 e. The fraction of sp³-hybridized carbons (Fsp3) is 0.547. The van der Waals surface area contributed by atoms with Crippen LogP contribution in [-0.2, 0) is 16.2 Å². The fourth-order valence-electron chi connectivity index (χ4n) is 21.2. The van der Waals surface area contributed by atoms with Crippen molar-refractivity contribution in [2.45, 2.75) is 376 Å². The van der Waals surface area contributed by atoms with Crippen molar-refractivity contribution >= 4 is 50.1 Å². The topological polar surface area (TPSA) is 6.48 Å². The first-order valence-corrected chi connectivity index (χ1v) is 46.2. The lowest BCUT2D eigenvalue weighted by molar-refractivity contribution is 0.397. The van der Waals surface area contributed by atoms with Crippen molar-refractivity contribution in [1.82, 2.24) is 0 Å². The van der Waals surface area contributed by atoms with Crippen LogP contribution in [0, 0.1) is 48.5 Å². The third kappa shape index (κ3) is 19.2. The Morgan fingerprint density at radius 3 is 0.688 bits per heavy atom. The average molecular weight is 1530 g/mol. The first-order valence-electron chi connectivity index (χ1n) is 45.4. The van der Waals surface area contributed by atoms with Gasteiger partial charge in [0.1, 0.15) is 0 Å². The number of aryl methyl sites for hydroxylation is 7. The predicted octanol–water partition coefficient (Wildman–Crippen LogP) is 34.9. The molecular weight excluding hydrogens is 1380 g/mol. The molecule has 8 aromatic rings. The molecule has 0 unspecified atom stereocenters. The minimum absolute atomic E-state index is 0.0398. The molecule has 0 aliphatic heterocycles. The average Bonchev–Trinajstić information content (AvgIpc) is 1.57. The van der Waals surface area contributed by atoms with Gasteiger partial charge in [-0.2, -0.15) is 0 Å². The predicted molar refractivity (Wildman–Crippen MR) is 483 cm³/mol.